The summed E-state index contributed by atoms with van der Waals surface area (Å²) in [6.07, 6.45) is 9.04. The standard InChI is InChI=1S/C27H34N2O5/c1-3-4-17-31-24-9-11-25(12-10-24)32-18-26-19-33-27(34-26,20-29-16-15-28-21-29)14-13-22-5-7-23(30-2)8-6-22/h5-12,15-16,21,26H,3-4,13-14,17-20H2,1-2H3. The van der Waals surface area contributed by atoms with Crippen LogP contribution in [0.25, 0.3) is 0 Å². The predicted octanol–water partition coefficient (Wildman–Crippen LogP) is 4.89. The van der Waals surface area contributed by atoms with Crippen molar-refractivity contribution in [3.8, 4) is 17.2 Å². The Bertz CT molecular complexity index is 975. The molecule has 3 aromatic rings. The molecule has 2 atom stereocenters. The average Bonchev–Trinajstić information content (AvgIpc) is 3.53. The van der Waals surface area contributed by atoms with E-state index < -0.39 is 5.79 Å². The molecule has 1 aromatic heterocycles. The largest absolute Gasteiger partial charge is 0.497 e. The van der Waals surface area contributed by atoms with Crippen LogP contribution in [0.1, 0.15) is 31.7 Å². The van der Waals surface area contributed by atoms with Gasteiger partial charge in [-0.3, -0.25) is 0 Å². The van der Waals surface area contributed by atoms with Gasteiger partial charge in [0.15, 0.2) is 5.79 Å². The predicted molar refractivity (Wildman–Crippen MR) is 129 cm³/mol. The zero-order chi connectivity index (χ0) is 23.6. The van der Waals surface area contributed by atoms with Gasteiger partial charge in [0.2, 0.25) is 0 Å². The van der Waals surface area contributed by atoms with Crippen LogP contribution < -0.4 is 14.2 Å². The van der Waals surface area contributed by atoms with Gasteiger partial charge in [0.1, 0.15) is 30.0 Å². The van der Waals surface area contributed by atoms with Crippen molar-refractivity contribution in [3.05, 3.63) is 72.8 Å². The van der Waals surface area contributed by atoms with Crippen LogP contribution in [0, 0.1) is 0 Å². The molecule has 7 nitrogen and oxygen atoms in total. The molecule has 182 valence electrons. The van der Waals surface area contributed by atoms with Crippen molar-refractivity contribution in [2.24, 2.45) is 0 Å². The van der Waals surface area contributed by atoms with Crippen molar-refractivity contribution in [1.29, 1.82) is 0 Å². The molecule has 4 rings (SSSR count). The van der Waals surface area contributed by atoms with Crippen LogP contribution in [0.4, 0.5) is 0 Å². The van der Waals surface area contributed by atoms with Gasteiger partial charge in [-0.1, -0.05) is 25.5 Å². The van der Waals surface area contributed by atoms with Crippen LogP contribution in [0.3, 0.4) is 0 Å². The minimum atomic E-state index is -0.731. The van der Waals surface area contributed by atoms with Crippen molar-refractivity contribution < 1.29 is 23.7 Å². The maximum absolute atomic E-state index is 6.45. The monoisotopic (exact) mass is 466 g/mol. The molecule has 0 N–H and O–H groups in total. The van der Waals surface area contributed by atoms with E-state index in [9.17, 15) is 0 Å². The normalized spacial score (nSPS) is 19.8. The number of methoxy groups -OCH3 is 1. The smallest absolute Gasteiger partial charge is 0.187 e. The zero-order valence-electron chi connectivity index (χ0n) is 20.0. The van der Waals surface area contributed by atoms with E-state index in [-0.39, 0.29) is 6.10 Å². The Kier molecular flexibility index (Phi) is 8.44. The molecule has 1 aliphatic rings. The van der Waals surface area contributed by atoms with Crippen LogP contribution in [0.15, 0.2) is 67.3 Å². The number of aromatic nitrogens is 2. The molecule has 1 aliphatic heterocycles. The van der Waals surface area contributed by atoms with Gasteiger partial charge in [0.05, 0.1) is 33.2 Å². The quantitative estimate of drug-likeness (QED) is 0.334. The number of imidazole rings is 1. The lowest BCUT2D eigenvalue weighted by atomic mass is 10.0. The van der Waals surface area contributed by atoms with Crippen molar-refractivity contribution >= 4 is 0 Å². The van der Waals surface area contributed by atoms with Gasteiger partial charge >= 0.3 is 0 Å². The summed E-state index contributed by atoms with van der Waals surface area (Å²) in [5, 5.41) is 0. The third kappa shape index (κ3) is 6.74. The Labute approximate surface area is 201 Å². The number of benzene rings is 2. The van der Waals surface area contributed by atoms with Crippen LogP contribution in [0.2, 0.25) is 0 Å². The molecule has 0 spiro atoms. The maximum atomic E-state index is 6.45. The Hall–Kier alpha value is -3.03. The second kappa shape index (κ2) is 11.9. The highest BCUT2D eigenvalue weighted by atomic mass is 16.8. The Morgan fingerprint density at radius 2 is 1.76 bits per heavy atom. The summed E-state index contributed by atoms with van der Waals surface area (Å²) in [6.45, 7) is 4.36. The number of unbranched alkanes of at least 4 members (excludes halogenated alkanes) is 1. The fraction of sp³-hybridized carbons (Fsp3) is 0.444. The summed E-state index contributed by atoms with van der Waals surface area (Å²) in [5.74, 6) is 1.77. The molecule has 1 fully saturated rings. The van der Waals surface area contributed by atoms with Crippen molar-refractivity contribution in [1.82, 2.24) is 9.55 Å². The minimum absolute atomic E-state index is 0.153. The average molecular weight is 467 g/mol. The first-order chi connectivity index (χ1) is 16.7. The molecular formula is C27H34N2O5. The number of rotatable bonds is 13. The fourth-order valence-corrected chi connectivity index (χ4v) is 3.93. The number of nitrogens with zero attached hydrogens (tertiary/aromatic N) is 2. The van der Waals surface area contributed by atoms with E-state index in [4.69, 9.17) is 23.7 Å². The second-order valence-corrected chi connectivity index (χ2v) is 8.53. The first-order valence-corrected chi connectivity index (χ1v) is 11.9. The second-order valence-electron chi connectivity index (χ2n) is 8.53. The Morgan fingerprint density at radius 1 is 1.03 bits per heavy atom. The highest BCUT2D eigenvalue weighted by Gasteiger charge is 2.42. The first-order valence-electron chi connectivity index (χ1n) is 11.9. The molecule has 0 amide bonds. The summed E-state index contributed by atoms with van der Waals surface area (Å²) in [5.41, 5.74) is 1.21. The molecule has 2 unspecified atom stereocenters. The SMILES string of the molecule is CCCCOc1ccc(OCC2COC(CCc3ccc(OC)cc3)(Cn3ccnc3)O2)cc1. The fourth-order valence-electron chi connectivity index (χ4n) is 3.93. The van der Waals surface area contributed by atoms with Crippen LogP contribution in [0.5, 0.6) is 17.2 Å². The number of ether oxygens (including phenoxy) is 5. The zero-order valence-corrected chi connectivity index (χ0v) is 20.0. The Balaban J connectivity index is 1.33. The van der Waals surface area contributed by atoms with E-state index in [2.05, 4.69) is 24.0 Å². The third-order valence-corrected chi connectivity index (χ3v) is 5.88. The number of hydrogen-bond donors (Lipinski definition) is 0. The van der Waals surface area contributed by atoms with E-state index >= 15 is 0 Å². The highest BCUT2D eigenvalue weighted by molar-refractivity contribution is 5.31. The molecule has 0 aliphatic carbocycles. The van der Waals surface area contributed by atoms with Gasteiger partial charge in [0, 0.05) is 18.8 Å². The lowest BCUT2D eigenvalue weighted by molar-refractivity contribution is -0.184. The van der Waals surface area contributed by atoms with E-state index in [1.165, 1.54) is 5.56 Å². The maximum Gasteiger partial charge on any atom is 0.187 e. The number of hydrogen-bond acceptors (Lipinski definition) is 6. The lowest BCUT2D eigenvalue weighted by Gasteiger charge is -2.28. The summed E-state index contributed by atoms with van der Waals surface area (Å²) < 4.78 is 31.7. The summed E-state index contributed by atoms with van der Waals surface area (Å²) >= 11 is 0. The van der Waals surface area contributed by atoms with Gasteiger partial charge in [0.25, 0.3) is 0 Å². The minimum Gasteiger partial charge on any atom is -0.497 e. The van der Waals surface area contributed by atoms with E-state index in [0.717, 1.165) is 49.5 Å². The lowest BCUT2D eigenvalue weighted by Crippen LogP contribution is -2.37. The van der Waals surface area contributed by atoms with Crippen LogP contribution >= 0.6 is 0 Å². The van der Waals surface area contributed by atoms with Gasteiger partial charge in [-0.25, -0.2) is 4.98 Å². The molecule has 2 heterocycles. The summed E-state index contributed by atoms with van der Waals surface area (Å²) in [6, 6.07) is 15.9. The van der Waals surface area contributed by atoms with Crippen LogP contribution in [-0.2, 0) is 22.4 Å². The Morgan fingerprint density at radius 3 is 2.44 bits per heavy atom. The molecule has 7 heteroatoms. The summed E-state index contributed by atoms with van der Waals surface area (Å²) in [7, 11) is 1.67. The van der Waals surface area contributed by atoms with E-state index in [1.807, 2.05) is 47.2 Å². The van der Waals surface area contributed by atoms with Crippen molar-refractivity contribution in [2.45, 2.75) is 51.0 Å². The van der Waals surface area contributed by atoms with Crippen molar-refractivity contribution in [3.63, 3.8) is 0 Å². The van der Waals surface area contributed by atoms with E-state index in [0.29, 0.717) is 19.8 Å². The van der Waals surface area contributed by atoms with Gasteiger partial charge in [-0.2, -0.15) is 0 Å². The third-order valence-electron chi connectivity index (χ3n) is 5.88. The first kappa shape index (κ1) is 24.1. The molecule has 34 heavy (non-hydrogen) atoms. The number of aryl methyl sites for hydroxylation is 1. The molecule has 0 bridgehead atoms. The van der Waals surface area contributed by atoms with Gasteiger partial charge < -0.3 is 28.3 Å². The van der Waals surface area contributed by atoms with Crippen molar-refractivity contribution in [2.75, 3.05) is 26.9 Å². The molecule has 2 aromatic carbocycles. The van der Waals surface area contributed by atoms with Gasteiger partial charge in [-0.05, 0) is 54.8 Å². The van der Waals surface area contributed by atoms with Gasteiger partial charge in [-0.15, -0.1) is 0 Å². The topological polar surface area (TPSA) is 64.0 Å². The molecule has 0 radical (unpaired) electrons. The van der Waals surface area contributed by atoms with E-state index in [1.54, 1.807) is 19.6 Å². The molecule has 1 saturated heterocycles. The summed E-state index contributed by atoms with van der Waals surface area (Å²) in [4.78, 5) is 4.16. The molecular weight excluding hydrogens is 432 g/mol. The molecule has 0 saturated carbocycles. The van der Waals surface area contributed by atoms with Crippen LogP contribution in [-0.4, -0.2) is 48.4 Å². The highest BCUT2D eigenvalue weighted by Crippen LogP contribution is 2.31.